The molecule has 0 saturated carbocycles. The maximum atomic E-state index is 13.1. The van der Waals surface area contributed by atoms with Crippen molar-refractivity contribution in [3.05, 3.63) is 66.2 Å². The van der Waals surface area contributed by atoms with Crippen LogP contribution in [0.1, 0.15) is 30.1 Å². The fraction of sp³-hybridized carbons (Fsp3) is 0.300. The molecule has 2 aromatic carbocycles. The van der Waals surface area contributed by atoms with Crippen LogP contribution in [-0.2, 0) is 0 Å². The average molecular weight is 322 g/mol. The third-order valence-corrected chi connectivity index (χ3v) is 4.36. The molecule has 2 aromatic rings. The van der Waals surface area contributed by atoms with Gasteiger partial charge in [-0.1, -0.05) is 43.3 Å². The highest BCUT2D eigenvalue weighted by Gasteiger charge is 2.31. The Labute approximate surface area is 142 Å². The molecule has 0 radical (unpaired) electrons. The third kappa shape index (κ3) is 3.48. The van der Waals surface area contributed by atoms with Crippen LogP contribution in [-0.4, -0.2) is 29.9 Å². The number of para-hydroxylation sites is 1. The van der Waals surface area contributed by atoms with Crippen molar-refractivity contribution in [3.63, 3.8) is 0 Å². The number of anilines is 1. The van der Waals surface area contributed by atoms with Crippen molar-refractivity contribution in [1.29, 1.82) is 0 Å². The Bertz CT molecular complexity index is 700. The summed E-state index contributed by atoms with van der Waals surface area (Å²) in [5.41, 5.74) is 1.12. The monoisotopic (exact) mass is 322 g/mol. The van der Waals surface area contributed by atoms with E-state index in [2.05, 4.69) is 6.92 Å². The van der Waals surface area contributed by atoms with Gasteiger partial charge in [0.2, 0.25) is 0 Å². The van der Waals surface area contributed by atoms with Gasteiger partial charge in [0.15, 0.2) is 0 Å². The number of imide groups is 1. The Kier molecular flexibility index (Phi) is 4.94. The van der Waals surface area contributed by atoms with Gasteiger partial charge in [-0.3, -0.25) is 4.79 Å². The summed E-state index contributed by atoms with van der Waals surface area (Å²) < 4.78 is 0. The second-order valence-electron chi connectivity index (χ2n) is 6.32. The standard InChI is InChI=1S/C20H22N2O2/c1-16-9-8-14-21(15-16)20(24)22(18-12-6-3-7-13-18)19(23)17-10-4-2-5-11-17/h2-7,10-13,16H,8-9,14-15H2,1H3. The van der Waals surface area contributed by atoms with E-state index in [1.165, 1.54) is 4.90 Å². The summed E-state index contributed by atoms with van der Waals surface area (Å²) in [7, 11) is 0. The number of piperidine rings is 1. The van der Waals surface area contributed by atoms with Crippen LogP contribution >= 0.6 is 0 Å². The molecule has 4 nitrogen and oxygen atoms in total. The van der Waals surface area contributed by atoms with Crippen LogP contribution < -0.4 is 4.90 Å². The van der Waals surface area contributed by atoms with Crippen molar-refractivity contribution in [3.8, 4) is 0 Å². The first kappa shape index (κ1) is 16.2. The Morgan fingerprint density at radius 1 is 1.00 bits per heavy atom. The Balaban J connectivity index is 1.93. The van der Waals surface area contributed by atoms with Gasteiger partial charge in [0.25, 0.3) is 5.91 Å². The van der Waals surface area contributed by atoms with Crippen LogP contribution in [0.3, 0.4) is 0 Å². The van der Waals surface area contributed by atoms with Crippen molar-refractivity contribution in [1.82, 2.24) is 4.90 Å². The van der Waals surface area contributed by atoms with Gasteiger partial charge < -0.3 is 4.90 Å². The van der Waals surface area contributed by atoms with Crippen LogP contribution in [0.2, 0.25) is 0 Å². The van der Waals surface area contributed by atoms with Crippen LogP contribution in [0.15, 0.2) is 60.7 Å². The number of amides is 3. The molecule has 24 heavy (non-hydrogen) atoms. The SMILES string of the molecule is CC1CCCN(C(=O)N(C(=O)c2ccccc2)c2ccccc2)C1. The highest BCUT2D eigenvalue weighted by molar-refractivity contribution is 6.20. The van der Waals surface area contributed by atoms with Crippen molar-refractivity contribution >= 4 is 17.6 Å². The van der Waals surface area contributed by atoms with E-state index in [1.54, 1.807) is 29.2 Å². The summed E-state index contributed by atoms with van der Waals surface area (Å²) in [6.07, 6.45) is 2.11. The number of hydrogen-bond acceptors (Lipinski definition) is 2. The third-order valence-electron chi connectivity index (χ3n) is 4.36. The molecule has 1 saturated heterocycles. The maximum Gasteiger partial charge on any atom is 0.331 e. The molecule has 1 heterocycles. The van der Waals surface area contributed by atoms with Crippen LogP contribution in [0.25, 0.3) is 0 Å². The lowest BCUT2D eigenvalue weighted by molar-refractivity contribution is 0.0980. The Morgan fingerprint density at radius 3 is 2.25 bits per heavy atom. The highest BCUT2D eigenvalue weighted by Crippen LogP contribution is 2.22. The molecule has 0 spiro atoms. The largest absolute Gasteiger partial charge is 0.331 e. The minimum atomic E-state index is -0.287. The number of likely N-dealkylation sites (tertiary alicyclic amines) is 1. The lowest BCUT2D eigenvalue weighted by atomic mass is 10.0. The van der Waals surface area contributed by atoms with Gasteiger partial charge in [-0.05, 0) is 43.0 Å². The molecule has 1 aliphatic rings. The van der Waals surface area contributed by atoms with Gasteiger partial charge in [-0.15, -0.1) is 0 Å². The molecule has 1 fully saturated rings. The summed E-state index contributed by atoms with van der Waals surface area (Å²) in [5.74, 6) is 0.178. The van der Waals surface area contributed by atoms with Gasteiger partial charge in [0.1, 0.15) is 0 Å². The first-order valence-corrected chi connectivity index (χ1v) is 8.40. The lowest BCUT2D eigenvalue weighted by Crippen LogP contribution is -2.49. The zero-order chi connectivity index (χ0) is 16.9. The molecule has 3 rings (SSSR count). The van der Waals surface area contributed by atoms with Crippen LogP contribution in [0, 0.1) is 5.92 Å². The molecular formula is C20H22N2O2. The van der Waals surface area contributed by atoms with Crippen LogP contribution in [0.4, 0.5) is 10.5 Å². The zero-order valence-corrected chi connectivity index (χ0v) is 13.9. The highest BCUT2D eigenvalue weighted by atomic mass is 16.2. The van der Waals surface area contributed by atoms with Crippen molar-refractivity contribution in [2.75, 3.05) is 18.0 Å². The molecule has 0 N–H and O–H groups in total. The predicted octanol–water partition coefficient (Wildman–Crippen LogP) is 4.19. The summed E-state index contributed by atoms with van der Waals surface area (Å²) in [6, 6.07) is 17.9. The molecular weight excluding hydrogens is 300 g/mol. The first-order chi connectivity index (χ1) is 11.7. The minimum absolute atomic E-state index is 0.235. The summed E-state index contributed by atoms with van der Waals surface area (Å²) in [4.78, 5) is 29.2. The van der Waals surface area contributed by atoms with E-state index in [4.69, 9.17) is 0 Å². The van der Waals surface area contributed by atoms with Crippen molar-refractivity contribution < 1.29 is 9.59 Å². The number of rotatable bonds is 2. The molecule has 4 heteroatoms. The second kappa shape index (κ2) is 7.30. The van der Waals surface area contributed by atoms with Gasteiger partial charge in [-0.25, -0.2) is 9.69 Å². The summed E-state index contributed by atoms with van der Waals surface area (Å²) >= 11 is 0. The van der Waals surface area contributed by atoms with Gasteiger partial charge in [0, 0.05) is 18.7 Å². The molecule has 0 bridgehead atoms. The predicted molar refractivity (Wildman–Crippen MR) is 95.1 cm³/mol. The Hall–Kier alpha value is -2.62. The molecule has 124 valence electrons. The number of hydrogen-bond donors (Lipinski definition) is 0. The second-order valence-corrected chi connectivity index (χ2v) is 6.32. The summed E-state index contributed by atoms with van der Waals surface area (Å²) in [5, 5.41) is 0. The zero-order valence-electron chi connectivity index (χ0n) is 13.9. The average Bonchev–Trinajstić information content (AvgIpc) is 2.63. The molecule has 1 unspecified atom stereocenters. The van der Waals surface area contributed by atoms with E-state index in [9.17, 15) is 9.59 Å². The van der Waals surface area contributed by atoms with E-state index in [1.807, 2.05) is 36.4 Å². The fourth-order valence-corrected chi connectivity index (χ4v) is 3.11. The molecule has 0 aromatic heterocycles. The van der Waals surface area contributed by atoms with E-state index in [0.717, 1.165) is 12.8 Å². The van der Waals surface area contributed by atoms with E-state index < -0.39 is 0 Å². The van der Waals surface area contributed by atoms with E-state index in [0.29, 0.717) is 30.3 Å². The smallest absolute Gasteiger partial charge is 0.324 e. The van der Waals surface area contributed by atoms with Gasteiger partial charge >= 0.3 is 6.03 Å². The number of nitrogens with zero attached hydrogens (tertiary/aromatic N) is 2. The number of carbonyl (C=O) groups excluding carboxylic acids is 2. The molecule has 0 aliphatic carbocycles. The lowest BCUT2D eigenvalue weighted by Gasteiger charge is -2.34. The topological polar surface area (TPSA) is 40.6 Å². The van der Waals surface area contributed by atoms with Crippen LogP contribution in [0.5, 0.6) is 0 Å². The number of urea groups is 1. The van der Waals surface area contributed by atoms with Crippen molar-refractivity contribution in [2.45, 2.75) is 19.8 Å². The quantitative estimate of drug-likeness (QED) is 0.832. The number of carbonyl (C=O) groups is 2. The van der Waals surface area contributed by atoms with E-state index >= 15 is 0 Å². The Morgan fingerprint density at radius 2 is 1.62 bits per heavy atom. The molecule has 1 aliphatic heterocycles. The van der Waals surface area contributed by atoms with Gasteiger partial charge in [0.05, 0.1) is 5.69 Å². The fourth-order valence-electron chi connectivity index (χ4n) is 3.11. The molecule has 3 amide bonds. The normalized spacial score (nSPS) is 17.4. The van der Waals surface area contributed by atoms with E-state index in [-0.39, 0.29) is 11.9 Å². The maximum absolute atomic E-state index is 13.1. The van der Waals surface area contributed by atoms with Gasteiger partial charge in [-0.2, -0.15) is 0 Å². The first-order valence-electron chi connectivity index (χ1n) is 8.40. The minimum Gasteiger partial charge on any atom is -0.324 e. The molecule has 1 atom stereocenters. The van der Waals surface area contributed by atoms with Crippen molar-refractivity contribution in [2.24, 2.45) is 5.92 Å². The summed E-state index contributed by atoms with van der Waals surface area (Å²) in [6.45, 7) is 3.55. The number of benzene rings is 2.